The SMILES string of the molecule is CCCn1nccc1C1NC(C)CCS1. The molecule has 0 aliphatic carbocycles. The summed E-state index contributed by atoms with van der Waals surface area (Å²) in [5, 5.41) is 8.42. The van der Waals surface area contributed by atoms with E-state index in [-0.39, 0.29) is 0 Å². The van der Waals surface area contributed by atoms with Crippen LogP contribution in [0.4, 0.5) is 0 Å². The van der Waals surface area contributed by atoms with Gasteiger partial charge in [0.2, 0.25) is 0 Å². The van der Waals surface area contributed by atoms with Crippen LogP contribution in [-0.4, -0.2) is 21.6 Å². The first-order valence-electron chi connectivity index (χ1n) is 5.70. The standard InChI is InChI=1S/C11H19N3S/c1-3-7-14-10(4-6-12-14)11-13-9(2)5-8-15-11/h4,6,9,11,13H,3,5,7-8H2,1-2H3. The monoisotopic (exact) mass is 225 g/mol. The zero-order chi connectivity index (χ0) is 10.7. The van der Waals surface area contributed by atoms with E-state index in [0.717, 1.165) is 13.0 Å². The van der Waals surface area contributed by atoms with Crippen molar-refractivity contribution < 1.29 is 0 Å². The van der Waals surface area contributed by atoms with E-state index in [1.54, 1.807) is 0 Å². The van der Waals surface area contributed by atoms with Crippen molar-refractivity contribution in [2.24, 2.45) is 0 Å². The van der Waals surface area contributed by atoms with Gasteiger partial charge in [0.15, 0.2) is 0 Å². The smallest absolute Gasteiger partial charge is 0.0960 e. The van der Waals surface area contributed by atoms with Gasteiger partial charge >= 0.3 is 0 Å². The lowest BCUT2D eigenvalue weighted by atomic mass is 10.2. The fourth-order valence-corrected chi connectivity index (χ4v) is 3.31. The van der Waals surface area contributed by atoms with Crippen molar-refractivity contribution in [1.29, 1.82) is 0 Å². The molecule has 1 aromatic rings. The molecule has 0 spiro atoms. The molecule has 1 N–H and O–H groups in total. The Kier molecular flexibility index (Phi) is 3.70. The van der Waals surface area contributed by atoms with Gasteiger partial charge in [0.1, 0.15) is 0 Å². The molecule has 2 heterocycles. The van der Waals surface area contributed by atoms with Gasteiger partial charge in [0, 0.05) is 18.8 Å². The van der Waals surface area contributed by atoms with Crippen molar-refractivity contribution in [1.82, 2.24) is 15.1 Å². The highest BCUT2D eigenvalue weighted by Crippen LogP contribution is 2.31. The zero-order valence-corrected chi connectivity index (χ0v) is 10.3. The highest BCUT2D eigenvalue weighted by atomic mass is 32.2. The maximum Gasteiger partial charge on any atom is 0.0960 e. The molecule has 0 saturated carbocycles. The minimum atomic E-state index is 0.433. The Balaban J connectivity index is 2.10. The first-order chi connectivity index (χ1) is 7.31. The van der Waals surface area contributed by atoms with Crippen molar-refractivity contribution >= 4 is 11.8 Å². The minimum absolute atomic E-state index is 0.433. The van der Waals surface area contributed by atoms with E-state index in [4.69, 9.17) is 0 Å². The van der Waals surface area contributed by atoms with Crippen LogP contribution >= 0.6 is 11.8 Å². The number of rotatable bonds is 3. The summed E-state index contributed by atoms with van der Waals surface area (Å²) in [4.78, 5) is 0. The number of hydrogen-bond acceptors (Lipinski definition) is 3. The van der Waals surface area contributed by atoms with Crippen LogP contribution in [0, 0.1) is 0 Å². The van der Waals surface area contributed by atoms with Crippen molar-refractivity contribution in [3.63, 3.8) is 0 Å². The molecule has 2 atom stereocenters. The first kappa shape index (κ1) is 11.0. The van der Waals surface area contributed by atoms with Gasteiger partial charge in [0.25, 0.3) is 0 Å². The summed E-state index contributed by atoms with van der Waals surface area (Å²) >= 11 is 1.99. The molecule has 1 aromatic heterocycles. The van der Waals surface area contributed by atoms with E-state index >= 15 is 0 Å². The van der Waals surface area contributed by atoms with Crippen LogP contribution in [0.5, 0.6) is 0 Å². The third-order valence-corrected chi connectivity index (χ3v) is 3.91. The fraction of sp³-hybridized carbons (Fsp3) is 0.727. The van der Waals surface area contributed by atoms with Crippen LogP contribution in [0.25, 0.3) is 0 Å². The summed E-state index contributed by atoms with van der Waals surface area (Å²) in [6, 6.07) is 2.76. The molecule has 1 aliphatic rings. The molecule has 2 unspecified atom stereocenters. The summed E-state index contributed by atoms with van der Waals surface area (Å²) < 4.78 is 2.13. The van der Waals surface area contributed by atoms with Gasteiger partial charge in [-0.25, -0.2) is 0 Å². The molecule has 3 nitrogen and oxygen atoms in total. The van der Waals surface area contributed by atoms with Gasteiger partial charge in [-0.3, -0.25) is 10.00 Å². The molecule has 1 saturated heterocycles. The first-order valence-corrected chi connectivity index (χ1v) is 6.75. The Bertz CT molecular complexity index is 311. The van der Waals surface area contributed by atoms with E-state index in [1.165, 1.54) is 17.9 Å². The highest BCUT2D eigenvalue weighted by molar-refractivity contribution is 7.99. The number of aromatic nitrogens is 2. The van der Waals surface area contributed by atoms with Crippen LogP contribution in [-0.2, 0) is 6.54 Å². The summed E-state index contributed by atoms with van der Waals surface area (Å²) in [7, 11) is 0. The van der Waals surface area contributed by atoms with Crippen molar-refractivity contribution in [2.75, 3.05) is 5.75 Å². The molecule has 2 rings (SSSR count). The largest absolute Gasteiger partial charge is 0.298 e. The highest BCUT2D eigenvalue weighted by Gasteiger charge is 2.22. The molecule has 1 aliphatic heterocycles. The molecule has 0 radical (unpaired) electrons. The molecule has 84 valence electrons. The Labute approximate surface area is 95.6 Å². The number of nitrogens with zero attached hydrogens (tertiary/aromatic N) is 2. The van der Waals surface area contributed by atoms with Crippen LogP contribution in [0.2, 0.25) is 0 Å². The van der Waals surface area contributed by atoms with Crippen molar-refractivity contribution in [3.05, 3.63) is 18.0 Å². The molecule has 4 heteroatoms. The third kappa shape index (κ3) is 2.55. The second-order valence-electron chi connectivity index (χ2n) is 4.09. The van der Waals surface area contributed by atoms with Gasteiger partial charge < -0.3 is 0 Å². The average molecular weight is 225 g/mol. The van der Waals surface area contributed by atoms with E-state index < -0.39 is 0 Å². The normalized spacial score (nSPS) is 26.8. The number of aryl methyl sites for hydroxylation is 1. The molecule has 0 aromatic carbocycles. The summed E-state index contributed by atoms with van der Waals surface area (Å²) in [6.45, 7) is 5.47. The van der Waals surface area contributed by atoms with E-state index in [0.29, 0.717) is 11.4 Å². The van der Waals surface area contributed by atoms with Gasteiger partial charge in [-0.1, -0.05) is 6.92 Å². The van der Waals surface area contributed by atoms with Crippen LogP contribution in [0.3, 0.4) is 0 Å². The lowest BCUT2D eigenvalue weighted by molar-refractivity contribution is 0.478. The second kappa shape index (κ2) is 5.03. The number of nitrogens with one attached hydrogen (secondary N) is 1. The van der Waals surface area contributed by atoms with Crippen molar-refractivity contribution in [3.8, 4) is 0 Å². The van der Waals surface area contributed by atoms with E-state index in [9.17, 15) is 0 Å². The Hall–Kier alpha value is -0.480. The zero-order valence-electron chi connectivity index (χ0n) is 9.44. The maximum absolute atomic E-state index is 4.37. The molecule has 1 fully saturated rings. The van der Waals surface area contributed by atoms with Gasteiger partial charge in [-0.05, 0) is 31.6 Å². The maximum atomic E-state index is 4.37. The Morgan fingerprint density at radius 1 is 1.67 bits per heavy atom. The molecular formula is C11H19N3S. The van der Waals surface area contributed by atoms with Gasteiger partial charge in [0.05, 0.1) is 11.1 Å². The summed E-state index contributed by atoms with van der Waals surface area (Å²) in [5.74, 6) is 1.25. The van der Waals surface area contributed by atoms with Gasteiger partial charge in [-0.15, -0.1) is 11.8 Å². The number of hydrogen-bond donors (Lipinski definition) is 1. The Morgan fingerprint density at radius 3 is 3.27 bits per heavy atom. The predicted molar refractivity (Wildman–Crippen MR) is 64.9 cm³/mol. The van der Waals surface area contributed by atoms with Gasteiger partial charge in [-0.2, -0.15) is 5.10 Å². The van der Waals surface area contributed by atoms with Crippen LogP contribution in [0.15, 0.2) is 12.3 Å². The fourth-order valence-electron chi connectivity index (χ4n) is 1.89. The van der Waals surface area contributed by atoms with Crippen molar-refractivity contribution in [2.45, 2.75) is 44.6 Å². The summed E-state index contributed by atoms with van der Waals surface area (Å²) in [5.41, 5.74) is 1.33. The molecule has 0 amide bonds. The average Bonchev–Trinajstić information content (AvgIpc) is 2.66. The number of thioether (sulfide) groups is 1. The predicted octanol–water partition coefficient (Wildman–Crippen LogP) is 2.41. The third-order valence-electron chi connectivity index (χ3n) is 2.72. The minimum Gasteiger partial charge on any atom is -0.298 e. The van der Waals surface area contributed by atoms with E-state index in [2.05, 4.69) is 35.0 Å². The molecule has 0 bridgehead atoms. The lowest BCUT2D eigenvalue weighted by Gasteiger charge is -2.28. The topological polar surface area (TPSA) is 29.9 Å². The summed E-state index contributed by atoms with van der Waals surface area (Å²) in [6.07, 6.45) is 4.32. The van der Waals surface area contributed by atoms with E-state index in [1.807, 2.05) is 18.0 Å². The Morgan fingerprint density at radius 2 is 2.53 bits per heavy atom. The second-order valence-corrected chi connectivity index (χ2v) is 5.30. The van der Waals surface area contributed by atoms with Crippen LogP contribution < -0.4 is 5.32 Å². The lowest BCUT2D eigenvalue weighted by Crippen LogP contribution is -2.34. The quantitative estimate of drug-likeness (QED) is 0.856. The molecular weight excluding hydrogens is 206 g/mol. The molecule has 15 heavy (non-hydrogen) atoms. The van der Waals surface area contributed by atoms with Crippen LogP contribution in [0.1, 0.15) is 37.8 Å².